The van der Waals surface area contributed by atoms with E-state index in [1.165, 1.54) is 25.7 Å². The van der Waals surface area contributed by atoms with Gasteiger partial charge < -0.3 is 11.5 Å². The summed E-state index contributed by atoms with van der Waals surface area (Å²) in [7, 11) is 0. The Morgan fingerprint density at radius 2 is 1.91 bits per heavy atom. The van der Waals surface area contributed by atoms with E-state index in [1.54, 1.807) is 0 Å². The average molecular weight is 154 g/mol. The van der Waals surface area contributed by atoms with E-state index in [0.29, 0.717) is 5.92 Å². The van der Waals surface area contributed by atoms with E-state index in [0.717, 1.165) is 0 Å². The summed E-state index contributed by atoms with van der Waals surface area (Å²) in [5.41, 5.74) is 10.2. The van der Waals surface area contributed by atoms with Crippen LogP contribution >= 0.6 is 0 Å². The molecule has 0 aromatic heterocycles. The van der Waals surface area contributed by atoms with Crippen LogP contribution in [0.2, 0.25) is 0 Å². The van der Waals surface area contributed by atoms with E-state index in [2.05, 4.69) is 10.2 Å². The van der Waals surface area contributed by atoms with Gasteiger partial charge in [-0.25, -0.2) is 0 Å². The van der Waals surface area contributed by atoms with Gasteiger partial charge in [0.25, 0.3) is 0 Å². The van der Waals surface area contributed by atoms with E-state index < -0.39 is 0 Å². The summed E-state index contributed by atoms with van der Waals surface area (Å²) in [5.74, 6) is 0.623. The van der Waals surface area contributed by atoms with Crippen molar-refractivity contribution in [2.24, 2.45) is 27.6 Å². The van der Waals surface area contributed by atoms with Crippen molar-refractivity contribution in [2.75, 3.05) is 0 Å². The lowest BCUT2D eigenvalue weighted by Gasteiger charge is -1.95. The molecular weight excluding hydrogens is 140 g/mol. The Bertz CT molecular complexity index is 163. The average Bonchev–Trinajstić information content (AvgIpc) is 2.39. The van der Waals surface area contributed by atoms with Crippen molar-refractivity contribution in [2.45, 2.75) is 25.7 Å². The molecule has 0 radical (unpaired) electrons. The van der Waals surface area contributed by atoms with Gasteiger partial charge in [-0.2, -0.15) is 5.10 Å². The molecular formula is C7H14N4. The van der Waals surface area contributed by atoms with Crippen LogP contribution in [0.4, 0.5) is 0 Å². The molecule has 4 heteroatoms. The van der Waals surface area contributed by atoms with Gasteiger partial charge in [-0.3, -0.25) is 0 Å². The van der Waals surface area contributed by atoms with Crippen LogP contribution in [0, 0.1) is 5.92 Å². The monoisotopic (exact) mass is 154 g/mol. The Hall–Kier alpha value is -1.06. The lowest BCUT2D eigenvalue weighted by Crippen LogP contribution is -2.21. The first-order valence-electron chi connectivity index (χ1n) is 3.91. The van der Waals surface area contributed by atoms with Gasteiger partial charge >= 0.3 is 0 Å². The molecule has 0 unspecified atom stereocenters. The molecule has 0 bridgehead atoms. The molecule has 0 aromatic carbocycles. The highest BCUT2D eigenvalue weighted by Crippen LogP contribution is 2.22. The second kappa shape index (κ2) is 3.95. The van der Waals surface area contributed by atoms with E-state index in [1.807, 2.05) is 6.21 Å². The van der Waals surface area contributed by atoms with Crippen LogP contribution in [0.1, 0.15) is 25.7 Å². The summed E-state index contributed by atoms with van der Waals surface area (Å²) in [6.07, 6.45) is 6.90. The molecule has 1 rings (SSSR count). The largest absolute Gasteiger partial charge is 0.369 e. The molecule has 11 heavy (non-hydrogen) atoms. The number of nitrogens with zero attached hydrogens (tertiary/aromatic N) is 2. The Kier molecular flexibility index (Phi) is 2.89. The molecule has 0 spiro atoms. The van der Waals surface area contributed by atoms with Crippen molar-refractivity contribution in [1.82, 2.24) is 0 Å². The zero-order valence-corrected chi connectivity index (χ0v) is 6.53. The quantitative estimate of drug-likeness (QED) is 0.344. The lowest BCUT2D eigenvalue weighted by molar-refractivity contribution is 0.741. The fourth-order valence-corrected chi connectivity index (χ4v) is 1.30. The molecule has 1 aliphatic carbocycles. The van der Waals surface area contributed by atoms with Gasteiger partial charge in [0.1, 0.15) is 0 Å². The molecule has 0 saturated heterocycles. The molecule has 4 nitrogen and oxygen atoms in total. The minimum Gasteiger partial charge on any atom is -0.369 e. The summed E-state index contributed by atoms with van der Waals surface area (Å²) in [6.45, 7) is 0. The maximum Gasteiger partial charge on any atom is 0.211 e. The standard InChI is InChI=1S/C7H14N4/c8-7(9)11-10-5-6-3-1-2-4-6/h5-6H,1-4H2,(H4,8,9,11)/b10-5+. The van der Waals surface area contributed by atoms with Crippen molar-refractivity contribution >= 4 is 12.2 Å². The smallest absolute Gasteiger partial charge is 0.211 e. The fraction of sp³-hybridized carbons (Fsp3) is 0.714. The molecule has 0 heterocycles. The number of hydrogen-bond donors (Lipinski definition) is 2. The number of hydrogen-bond acceptors (Lipinski definition) is 2. The zero-order valence-electron chi connectivity index (χ0n) is 6.53. The first-order chi connectivity index (χ1) is 5.29. The molecule has 0 aliphatic heterocycles. The van der Waals surface area contributed by atoms with Crippen LogP contribution in [0.15, 0.2) is 10.2 Å². The molecule has 0 atom stereocenters. The highest BCUT2D eigenvalue weighted by Gasteiger charge is 2.11. The Balaban J connectivity index is 2.28. The van der Waals surface area contributed by atoms with Gasteiger partial charge in [0.05, 0.1) is 0 Å². The minimum absolute atomic E-state index is 0.0271. The van der Waals surface area contributed by atoms with Gasteiger partial charge in [0, 0.05) is 6.21 Å². The SMILES string of the molecule is NC(N)=N/N=C/C1CCCC1. The third-order valence-corrected chi connectivity index (χ3v) is 1.85. The first kappa shape index (κ1) is 8.04. The van der Waals surface area contributed by atoms with Gasteiger partial charge in [-0.1, -0.05) is 12.8 Å². The number of guanidine groups is 1. The lowest BCUT2D eigenvalue weighted by atomic mass is 10.1. The summed E-state index contributed by atoms with van der Waals surface area (Å²) in [4.78, 5) is 0. The van der Waals surface area contributed by atoms with Crippen molar-refractivity contribution in [3.63, 3.8) is 0 Å². The first-order valence-corrected chi connectivity index (χ1v) is 3.91. The fourth-order valence-electron chi connectivity index (χ4n) is 1.30. The van der Waals surface area contributed by atoms with Crippen LogP contribution in [-0.4, -0.2) is 12.2 Å². The Morgan fingerprint density at radius 1 is 1.27 bits per heavy atom. The predicted octanol–water partition coefficient (Wildman–Crippen LogP) is 0.436. The van der Waals surface area contributed by atoms with Crippen LogP contribution < -0.4 is 11.5 Å². The third-order valence-electron chi connectivity index (χ3n) is 1.85. The van der Waals surface area contributed by atoms with Gasteiger partial charge in [0.15, 0.2) is 0 Å². The Morgan fingerprint density at radius 3 is 2.45 bits per heavy atom. The molecule has 62 valence electrons. The van der Waals surface area contributed by atoms with E-state index in [-0.39, 0.29) is 5.96 Å². The van der Waals surface area contributed by atoms with Crippen LogP contribution in [0.5, 0.6) is 0 Å². The zero-order chi connectivity index (χ0) is 8.10. The van der Waals surface area contributed by atoms with E-state index in [4.69, 9.17) is 11.5 Å². The Labute approximate surface area is 66.4 Å². The van der Waals surface area contributed by atoms with Crippen molar-refractivity contribution in [3.8, 4) is 0 Å². The van der Waals surface area contributed by atoms with Crippen molar-refractivity contribution in [1.29, 1.82) is 0 Å². The van der Waals surface area contributed by atoms with E-state index >= 15 is 0 Å². The molecule has 0 aromatic rings. The third kappa shape index (κ3) is 3.02. The number of nitrogens with two attached hydrogens (primary N) is 2. The predicted molar refractivity (Wildman–Crippen MR) is 46.3 cm³/mol. The van der Waals surface area contributed by atoms with Gasteiger partial charge in [-0.15, -0.1) is 5.10 Å². The summed E-state index contributed by atoms with van der Waals surface area (Å²) in [5, 5.41) is 7.30. The maximum atomic E-state index is 5.09. The topological polar surface area (TPSA) is 76.8 Å². The van der Waals surface area contributed by atoms with Crippen LogP contribution in [0.3, 0.4) is 0 Å². The van der Waals surface area contributed by atoms with Crippen molar-refractivity contribution in [3.05, 3.63) is 0 Å². The van der Waals surface area contributed by atoms with Gasteiger partial charge in [-0.05, 0) is 18.8 Å². The van der Waals surface area contributed by atoms with Crippen molar-refractivity contribution < 1.29 is 0 Å². The molecule has 1 aliphatic rings. The maximum absolute atomic E-state index is 5.09. The molecule has 0 amide bonds. The molecule has 1 saturated carbocycles. The molecule has 1 fully saturated rings. The summed E-state index contributed by atoms with van der Waals surface area (Å²) in [6, 6.07) is 0. The summed E-state index contributed by atoms with van der Waals surface area (Å²) >= 11 is 0. The molecule has 4 N–H and O–H groups in total. The second-order valence-corrected chi connectivity index (χ2v) is 2.83. The van der Waals surface area contributed by atoms with Gasteiger partial charge in [0.2, 0.25) is 5.96 Å². The number of rotatable bonds is 2. The second-order valence-electron chi connectivity index (χ2n) is 2.83. The highest BCUT2D eigenvalue weighted by molar-refractivity contribution is 5.76. The highest BCUT2D eigenvalue weighted by atomic mass is 15.3. The van der Waals surface area contributed by atoms with Crippen LogP contribution in [-0.2, 0) is 0 Å². The normalized spacial score (nSPS) is 19.3. The summed E-state index contributed by atoms with van der Waals surface area (Å²) < 4.78 is 0. The van der Waals surface area contributed by atoms with Crippen LogP contribution in [0.25, 0.3) is 0 Å². The minimum atomic E-state index is 0.0271. The van der Waals surface area contributed by atoms with E-state index in [9.17, 15) is 0 Å².